The summed E-state index contributed by atoms with van der Waals surface area (Å²) in [6.07, 6.45) is 2.99. The molecule has 0 N–H and O–H groups in total. The zero-order valence-corrected chi connectivity index (χ0v) is 9.12. The second-order valence-corrected chi connectivity index (χ2v) is 3.87. The molecule has 2 heteroatoms. The molecule has 0 spiro atoms. The molecule has 0 aliphatic carbocycles. The van der Waals surface area contributed by atoms with Gasteiger partial charge in [-0.2, -0.15) is 0 Å². The molecule has 0 saturated heterocycles. The van der Waals surface area contributed by atoms with Crippen molar-refractivity contribution >= 4 is 10.9 Å². The highest BCUT2D eigenvalue weighted by atomic mass is 14.9. The lowest BCUT2D eigenvalue weighted by Crippen LogP contribution is -1.86. The summed E-state index contributed by atoms with van der Waals surface area (Å²) >= 11 is 0. The molecule has 2 rings (SSSR count). The standard InChI is InChI=1S/C13H14N2/c1-10-5-4-6-12-11(7-8-14-2)9-15(3)13(10)12/h4-6,9H,7-8H2,1,3H3. The molecule has 1 aromatic carbocycles. The number of fused-ring (bicyclic) bond motifs is 1. The van der Waals surface area contributed by atoms with Crippen LogP contribution in [0.3, 0.4) is 0 Å². The number of aryl methyl sites for hydroxylation is 2. The first-order valence-corrected chi connectivity index (χ1v) is 5.11. The van der Waals surface area contributed by atoms with E-state index in [1.807, 2.05) is 0 Å². The maximum absolute atomic E-state index is 6.83. The van der Waals surface area contributed by atoms with E-state index in [1.54, 1.807) is 0 Å². The van der Waals surface area contributed by atoms with Gasteiger partial charge in [0.15, 0.2) is 0 Å². The fraction of sp³-hybridized carbons (Fsp3) is 0.308. The highest BCUT2D eigenvalue weighted by Gasteiger charge is 2.08. The van der Waals surface area contributed by atoms with Crippen molar-refractivity contribution in [1.82, 2.24) is 4.57 Å². The Bertz CT molecular complexity index is 529. The maximum atomic E-state index is 6.83. The van der Waals surface area contributed by atoms with E-state index in [0.717, 1.165) is 6.42 Å². The molecule has 0 unspecified atom stereocenters. The smallest absolute Gasteiger partial charge is 0.218 e. The van der Waals surface area contributed by atoms with Crippen LogP contribution in [0.25, 0.3) is 15.7 Å². The molecular formula is C13H14N2. The quantitative estimate of drug-likeness (QED) is 0.656. The molecule has 0 aliphatic rings. The molecule has 1 heterocycles. The molecular weight excluding hydrogens is 184 g/mol. The zero-order chi connectivity index (χ0) is 10.8. The largest absolute Gasteiger partial charge is 0.350 e. The molecule has 0 aliphatic heterocycles. The first kappa shape index (κ1) is 9.79. The van der Waals surface area contributed by atoms with Crippen molar-refractivity contribution in [2.24, 2.45) is 7.05 Å². The molecule has 2 nitrogen and oxygen atoms in total. The van der Waals surface area contributed by atoms with Crippen molar-refractivity contribution < 1.29 is 0 Å². The summed E-state index contributed by atoms with van der Waals surface area (Å²) < 4.78 is 2.16. The van der Waals surface area contributed by atoms with Crippen LogP contribution in [-0.2, 0) is 13.5 Å². The predicted octanol–water partition coefficient (Wildman–Crippen LogP) is 2.95. The van der Waals surface area contributed by atoms with Gasteiger partial charge in [-0.1, -0.05) is 18.2 Å². The van der Waals surface area contributed by atoms with Crippen LogP contribution >= 0.6 is 0 Å². The zero-order valence-electron chi connectivity index (χ0n) is 9.12. The summed E-state index contributed by atoms with van der Waals surface area (Å²) in [6.45, 7) is 9.53. The van der Waals surface area contributed by atoms with Gasteiger partial charge in [0, 0.05) is 25.1 Å². The van der Waals surface area contributed by atoms with Gasteiger partial charge in [0.05, 0.1) is 5.52 Å². The van der Waals surface area contributed by atoms with Crippen molar-refractivity contribution in [3.63, 3.8) is 0 Å². The summed E-state index contributed by atoms with van der Waals surface area (Å²) in [4.78, 5) is 3.41. The lowest BCUT2D eigenvalue weighted by atomic mass is 10.1. The van der Waals surface area contributed by atoms with E-state index in [2.05, 4.69) is 47.8 Å². The van der Waals surface area contributed by atoms with Crippen LogP contribution in [0.1, 0.15) is 11.1 Å². The Labute approximate surface area is 90.0 Å². The molecule has 0 bridgehead atoms. The summed E-state index contributed by atoms with van der Waals surface area (Å²) in [5.74, 6) is 0. The Hall–Kier alpha value is -1.75. The van der Waals surface area contributed by atoms with E-state index in [9.17, 15) is 0 Å². The minimum Gasteiger partial charge on any atom is -0.350 e. The number of nitrogens with zero attached hydrogens (tertiary/aromatic N) is 2. The molecule has 15 heavy (non-hydrogen) atoms. The molecule has 2 aromatic rings. The number of rotatable bonds is 2. The third-order valence-corrected chi connectivity index (χ3v) is 2.78. The van der Waals surface area contributed by atoms with Crippen LogP contribution in [0, 0.1) is 13.5 Å². The van der Waals surface area contributed by atoms with Crippen LogP contribution in [-0.4, -0.2) is 11.1 Å². The normalized spacial score (nSPS) is 10.5. The second-order valence-electron chi connectivity index (χ2n) is 3.87. The minimum absolute atomic E-state index is 0.576. The van der Waals surface area contributed by atoms with Gasteiger partial charge in [0.2, 0.25) is 6.54 Å². The van der Waals surface area contributed by atoms with Gasteiger partial charge >= 0.3 is 0 Å². The van der Waals surface area contributed by atoms with Gasteiger partial charge in [0.1, 0.15) is 0 Å². The van der Waals surface area contributed by atoms with Gasteiger partial charge in [-0.15, -0.1) is 0 Å². The topological polar surface area (TPSA) is 9.29 Å². The van der Waals surface area contributed by atoms with Crippen molar-refractivity contribution in [3.05, 3.63) is 46.9 Å². The fourth-order valence-electron chi connectivity index (χ4n) is 2.13. The highest BCUT2D eigenvalue weighted by molar-refractivity contribution is 5.86. The fourth-order valence-corrected chi connectivity index (χ4v) is 2.13. The van der Waals surface area contributed by atoms with Crippen LogP contribution < -0.4 is 0 Å². The molecule has 1 aromatic heterocycles. The molecule has 76 valence electrons. The van der Waals surface area contributed by atoms with E-state index in [-0.39, 0.29) is 0 Å². The number of para-hydroxylation sites is 1. The van der Waals surface area contributed by atoms with E-state index < -0.39 is 0 Å². The van der Waals surface area contributed by atoms with Gasteiger partial charge in [0.25, 0.3) is 0 Å². The Balaban J connectivity index is 2.59. The number of hydrogen-bond donors (Lipinski definition) is 0. The monoisotopic (exact) mass is 198 g/mol. The minimum atomic E-state index is 0.576. The van der Waals surface area contributed by atoms with Crippen LogP contribution in [0.15, 0.2) is 24.4 Å². The summed E-state index contributed by atoms with van der Waals surface area (Å²) in [7, 11) is 2.07. The summed E-state index contributed by atoms with van der Waals surface area (Å²) in [5.41, 5.74) is 3.87. The number of benzene rings is 1. The Morgan fingerprint density at radius 3 is 2.93 bits per heavy atom. The Kier molecular flexibility index (Phi) is 2.47. The highest BCUT2D eigenvalue weighted by Crippen LogP contribution is 2.23. The van der Waals surface area contributed by atoms with Crippen LogP contribution in [0.4, 0.5) is 0 Å². The van der Waals surface area contributed by atoms with Crippen molar-refractivity contribution in [3.8, 4) is 0 Å². The Morgan fingerprint density at radius 1 is 1.40 bits per heavy atom. The van der Waals surface area contributed by atoms with Gasteiger partial charge in [-0.3, -0.25) is 0 Å². The van der Waals surface area contributed by atoms with Gasteiger partial charge in [-0.05, 0) is 18.1 Å². The van der Waals surface area contributed by atoms with Gasteiger partial charge < -0.3 is 9.41 Å². The first-order chi connectivity index (χ1) is 7.24. The number of hydrogen-bond acceptors (Lipinski definition) is 0. The molecule has 0 fully saturated rings. The second kappa shape index (κ2) is 3.78. The van der Waals surface area contributed by atoms with Crippen molar-refractivity contribution in [2.75, 3.05) is 6.54 Å². The molecule has 0 atom stereocenters. The first-order valence-electron chi connectivity index (χ1n) is 5.11. The number of aromatic nitrogens is 1. The molecule has 0 amide bonds. The third-order valence-electron chi connectivity index (χ3n) is 2.78. The molecule has 0 saturated carbocycles. The summed E-state index contributed by atoms with van der Waals surface area (Å²) in [6, 6.07) is 6.35. The lowest BCUT2D eigenvalue weighted by molar-refractivity contribution is 0.947. The molecule has 0 radical (unpaired) electrons. The van der Waals surface area contributed by atoms with E-state index in [0.29, 0.717) is 6.54 Å². The van der Waals surface area contributed by atoms with Crippen LogP contribution in [0.5, 0.6) is 0 Å². The van der Waals surface area contributed by atoms with Crippen LogP contribution in [0.2, 0.25) is 0 Å². The Morgan fingerprint density at radius 2 is 2.20 bits per heavy atom. The summed E-state index contributed by atoms with van der Waals surface area (Å²) in [5, 5.41) is 1.29. The maximum Gasteiger partial charge on any atom is 0.218 e. The predicted molar refractivity (Wildman–Crippen MR) is 62.8 cm³/mol. The van der Waals surface area contributed by atoms with E-state index in [1.165, 1.54) is 22.0 Å². The lowest BCUT2D eigenvalue weighted by Gasteiger charge is -1.99. The SMILES string of the molecule is [C-]#[N+]CCc1cn(C)c2c(C)cccc12. The van der Waals surface area contributed by atoms with Crippen molar-refractivity contribution in [1.29, 1.82) is 0 Å². The average Bonchev–Trinajstić information content (AvgIpc) is 2.54. The van der Waals surface area contributed by atoms with Gasteiger partial charge in [-0.25, -0.2) is 6.57 Å². The van der Waals surface area contributed by atoms with E-state index >= 15 is 0 Å². The third kappa shape index (κ3) is 1.61. The van der Waals surface area contributed by atoms with E-state index in [4.69, 9.17) is 6.57 Å². The van der Waals surface area contributed by atoms with Crippen molar-refractivity contribution in [2.45, 2.75) is 13.3 Å². The average molecular weight is 198 g/mol.